The average molecular weight is 393 g/mol. The Morgan fingerprint density at radius 2 is 1.88 bits per heavy atom. The van der Waals surface area contributed by atoms with Crippen molar-refractivity contribution < 1.29 is 0 Å². The molecule has 0 spiro atoms. The van der Waals surface area contributed by atoms with Crippen LogP contribution in [0.3, 0.4) is 0 Å². The highest BCUT2D eigenvalue weighted by atomic mass is 79.9. The van der Waals surface area contributed by atoms with Gasteiger partial charge in [0.15, 0.2) is 5.82 Å². The number of nitrogens with two attached hydrogens (primary N) is 1. The van der Waals surface area contributed by atoms with Gasteiger partial charge in [-0.1, -0.05) is 0 Å². The summed E-state index contributed by atoms with van der Waals surface area (Å²) in [7, 11) is 3.81. The van der Waals surface area contributed by atoms with E-state index < -0.39 is 0 Å². The van der Waals surface area contributed by atoms with Crippen molar-refractivity contribution in [1.82, 2.24) is 14.5 Å². The van der Waals surface area contributed by atoms with Crippen LogP contribution in [0, 0.1) is 0 Å². The SMILES string of the molecule is CN1CCN(c2cc(N)cc(Nc3nc(Br)cn(C)c3=O)c2)CC1. The lowest BCUT2D eigenvalue weighted by molar-refractivity contribution is 0.313. The van der Waals surface area contributed by atoms with Gasteiger partial charge >= 0.3 is 0 Å². The summed E-state index contributed by atoms with van der Waals surface area (Å²) in [6.45, 7) is 3.95. The fourth-order valence-corrected chi connectivity index (χ4v) is 3.23. The van der Waals surface area contributed by atoms with E-state index in [2.05, 4.69) is 43.1 Å². The number of aromatic nitrogens is 2. The molecule has 128 valence electrons. The van der Waals surface area contributed by atoms with Crippen molar-refractivity contribution in [2.24, 2.45) is 7.05 Å². The molecule has 0 unspecified atom stereocenters. The smallest absolute Gasteiger partial charge is 0.293 e. The first-order valence-electron chi connectivity index (χ1n) is 7.76. The van der Waals surface area contributed by atoms with Gasteiger partial charge in [0.1, 0.15) is 4.60 Å². The number of hydrogen-bond acceptors (Lipinski definition) is 6. The number of benzene rings is 1. The van der Waals surface area contributed by atoms with Gasteiger partial charge in [-0.2, -0.15) is 0 Å². The van der Waals surface area contributed by atoms with E-state index in [0.717, 1.165) is 37.6 Å². The molecule has 0 radical (unpaired) electrons. The standard InChI is InChI=1S/C16H21BrN6O/c1-21-3-5-23(6-4-21)13-8-11(18)7-12(9-13)19-15-16(24)22(2)10-14(17)20-15/h7-10H,3-6,18H2,1-2H3,(H,19,20). The third kappa shape index (κ3) is 3.70. The number of piperazine rings is 1. The summed E-state index contributed by atoms with van der Waals surface area (Å²) < 4.78 is 2.07. The summed E-state index contributed by atoms with van der Waals surface area (Å²) >= 11 is 3.31. The molecule has 2 aromatic rings. The first-order valence-corrected chi connectivity index (χ1v) is 8.56. The van der Waals surface area contributed by atoms with Crippen LogP contribution in [0.5, 0.6) is 0 Å². The van der Waals surface area contributed by atoms with Gasteiger partial charge in [-0.15, -0.1) is 0 Å². The summed E-state index contributed by atoms with van der Waals surface area (Å²) in [5, 5.41) is 3.09. The predicted octanol–water partition coefficient (Wildman–Crippen LogP) is 1.62. The molecule has 0 amide bonds. The Kier molecular flexibility index (Phi) is 4.77. The van der Waals surface area contributed by atoms with Gasteiger partial charge in [-0.05, 0) is 41.2 Å². The van der Waals surface area contributed by atoms with Crippen LogP contribution in [-0.2, 0) is 7.05 Å². The lowest BCUT2D eigenvalue weighted by Gasteiger charge is -2.34. The summed E-state index contributed by atoms with van der Waals surface area (Å²) in [5.74, 6) is 0.266. The molecule has 2 heterocycles. The number of rotatable bonds is 3. The van der Waals surface area contributed by atoms with Gasteiger partial charge < -0.3 is 25.4 Å². The zero-order chi connectivity index (χ0) is 17.3. The molecule has 0 atom stereocenters. The molecule has 1 aromatic carbocycles. The van der Waals surface area contributed by atoms with Gasteiger partial charge in [0, 0.05) is 56.5 Å². The van der Waals surface area contributed by atoms with Crippen LogP contribution in [0.2, 0.25) is 0 Å². The van der Waals surface area contributed by atoms with Crippen LogP contribution >= 0.6 is 15.9 Å². The van der Waals surface area contributed by atoms with Crippen molar-refractivity contribution in [1.29, 1.82) is 0 Å². The molecule has 0 aliphatic carbocycles. The third-order valence-corrected chi connectivity index (χ3v) is 4.50. The zero-order valence-electron chi connectivity index (χ0n) is 13.8. The van der Waals surface area contributed by atoms with Gasteiger partial charge in [0.05, 0.1) is 0 Å². The maximum absolute atomic E-state index is 12.2. The minimum atomic E-state index is -0.193. The quantitative estimate of drug-likeness (QED) is 0.772. The topological polar surface area (TPSA) is 79.4 Å². The third-order valence-electron chi connectivity index (χ3n) is 4.11. The van der Waals surface area contributed by atoms with Gasteiger partial charge in [0.25, 0.3) is 5.56 Å². The molecule has 0 bridgehead atoms. The van der Waals surface area contributed by atoms with Crippen molar-refractivity contribution in [3.63, 3.8) is 0 Å². The molecule has 1 aliphatic rings. The minimum Gasteiger partial charge on any atom is -0.399 e. The van der Waals surface area contributed by atoms with Gasteiger partial charge in [-0.3, -0.25) is 4.79 Å². The number of hydrogen-bond donors (Lipinski definition) is 2. The maximum Gasteiger partial charge on any atom is 0.293 e. The molecule has 3 N–H and O–H groups in total. The van der Waals surface area contributed by atoms with Crippen LogP contribution in [0.1, 0.15) is 0 Å². The Hall–Kier alpha value is -2.06. The number of nitrogens with zero attached hydrogens (tertiary/aromatic N) is 4. The highest BCUT2D eigenvalue weighted by Crippen LogP contribution is 2.26. The summed E-state index contributed by atoms with van der Waals surface area (Å²) in [4.78, 5) is 21.0. The molecular formula is C16H21BrN6O. The normalized spacial score (nSPS) is 15.5. The Labute approximate surface area is 149 Å². The molecule has 1 aliphatic heterocycles. The van der Waals surface area contributed by atoms with Crippen LogP contribution in [0.25, 0.3) is 0 Å². The van der Waals surface area contributed by atoms with E-state index in [0.29, 0.717) is 10.3 Å². The van der Waals surface area contributed by atoms with Crippen molar-refractivity contribution in [2.45, 2.75) is 0 Å². The van der Waals surface area contributed by atoms with Crippen LogP contribution in [-0.4, -0.2) is 47.7 Å². The maximum atomic E-state index is 12.2. The molecule has 7 nitrogen and oxygen atoms in total. The first kappa shape index (κ1) is 16.8. The summed E-state index contributed by atoms with van der Waals surface area (Å²) in [5.41, 5.74) is 8.32. The highest BCUT2D eigenvalue weighted by Gasteiger charge is 2.15. The van der Waals surface area contributed by atoms with Crippen LogP contribution < -0.4 is 21.5 Å². The number of anilines is 4. The molecule has 1 saturated heterocycles. The molecule has 8 heteroatoms. The van der Waals surface area contributed by atoms with E-state index in [1.807, 2.05) is 18.2 Å². The van der Waals surface area contributed by atoms with E-state index in [1.165, 1.54) is 4.57 Å². The zero-order valence-corrected chi connectivity index (χ0v) is 15.4. The number of aryl methyl sites for hydroxylation is 1. The molecule has 3 rings (SSSR count). The van der Waals surface area contributed by atoms with E-state index in [1.54, 1.807) is 13.2 Å². The lowest BCUT2D eigenvalue weighted by Crippen LogP contribution is -2.44. The first-order chi connectivity index (χ1) is 11.4. The van der Waals surface area contributed by atoms with Crippen molar-refractivity contribution in [3.05, 3.63) is 39.4 Å². The summed E-state index contributed by atoms with van der Waals surface area (Å²) in [6.07, 6.45) is 1.63. The number of nitrogen functional groups attached to an aromatic ring is 1. The fourth-order valence-electron chi connectivity index (χ4n) is 2.74. The van der Waals surface area contributed by atoms with E-state index >= 15 is 0 Å². The number of halogens is 1. The van der Waals surface area contributed by atoms with E-state index in [9.17, 15) is 4.79 Å². The van der Waals surface area contributed by atoms with E-state index in [4.69, 9.17) is 5.73 Å². The summed E-state index contributed by atoms with van der Waals surface area (Å²) in [6, 6.07) is 5.77. The molecule has 24 heavy (non-hydrogen) atoms. The lowest BCUT2D eigenvalue weighted by atomic mass is 10.2. The van der Waals surface area contributed by atoms with Gasteiger partial charge in [-0.25, -0.2) is 4.98 Å². The van der Waals surface area contributed by atoms with Crippen LogP contribution in [0.15, 0.2) is 33.8 Å². The second-order valence-electron chi connectivity index (χ2n) is 6.06. The predicted molar refractivity (Wildman–Crippen MR) is 101 cm³/mol. The van der Waals surface area contributed by atoms with Crippen LogP contribution in [0.4, 0.5) is 22.9 Å². The molecule has 1 aromatic heterocycles. The molecular weight excluding hydrogens is 372 g/mol. The Balaban J connectivity index is 1.88. The number of likely N-dealkylation sites (N-methyl/N-ethyl adjacent to an activating group) is 1. The van der Waals surface area contributed by atoms with Gasteiger partial charge in [0.2, 0.25) is 0 Å². The molecule has 0 saturated carbocycles. The minimum absolute atomic E-state index is 0.193. The number of nitrogens with one attached hydrogen (secondary N) is 1. The fraction of sp³-hybridized carbons (Fsp3) is 0.375. The second-order valence-corrected chi connectivity index (χ2v) is 6.87. The van der Waals surface area contributed by atoms with Crippen molar-refractivity contribution in [3.8, 4) is 0 Å². The Morgan fingerprint density at radius 3 is 2.58 bits per heavy atom. The highest BCUT2D eigenvalue weighted by molar-refractivity contribution is 9.10. The second kappa shape index (κ2) is 6.82. The largest absolute Gasteiger partial charge is 0.399 e. The monoisotopic (exact) mass is 392 g/mol. The van der Waals surface area contributed by atoms with Crippen molar-refractivity contribution >= 4 is 38.8 Å². The Bertz CT molecular complexity index is 798. The Morgan fingerprint density at radius 1 is 1.17 bits per heavy atom. The average Bonchev–Trinajstić information content (AvgIpc) is 2.52. The molecule has 1 fully saturated rings. The van der Waals surface area contributed by atoms with E-state index in [-0.39, 0.29) is 11.4 Å². The van der Waals surface area contributed by atoms with Crippen molar-refractivity contribution in [2.75, 3.05) is 49.2 Å².